The molecule has 7 nitrogen and oxygen atoms in total. The smallest absolute Gasteiger partial charge is 0.329 e. The van der Waals surface area contributed by atoms with Crippen molar-refractivity contribution in [1.82, 2.24) is 4.90 Å². The number of benzene rings is 2. The lowest BCUT2D eigenvalue weighted by atomic mass is 10.1. The fraction of sp³-hybridized carbons (Fsp3) is 0.273. The maximum Gasteiger partial charge on any atom is 0.329 e. The minimum Gasteiger partial charge on any atom is -0.454 e. The molecule has 2 aromatic carbocycles. The van der Waals surface area contributed by atoms with Crippen LogP contribution in [-0.2, 0) is 14.3 Å². The van der Waals surface area contributed by atoms with Crippen LogP contribution in [-0.4, -0.2) is 41.2 Å². The van der Waals surface area contributed by atoms with Gasteiger partial charge in [-0.1, -0.05) is 89.4 Å². The number of fused-ring (bicyclic) bond motifs is 1. The summed E-state index contributed by atoms with van der Waals surface area (Å²) in [5, 5.41) is 2.15. The number of ether oxygens (including phenoxy) is 1. The minimum absolute atomic E-state index is 0.0826. The number of carbonyl (C=O) groups is 4. The Morgan fingerprint density at radius 1 is 0.943 bits per heavy atom. The second-order valence-corrected chi connectivity index (χ2v) is 9.78. The van der Waals surface area contributed by atoms with Crippen molar-refractivity contribution in [2.45, 2.75) is 32.2 Å². The number of unbranched alkanes of at least 4 members (excludes halogenated alkanes) is 1. The zero-order valence-electron chi connectivity index (χ0n) is 17.9. The first kappa shape index (κ1) is 27.8. The number of halogens is 6. The molecular formula is C22H16Cl6N2O5. The molecule has 3 amide bonds. The van der Waals surface area contributed by atoms with E-state index >= 15 is 0 Å². The molecule has 0 bridgehead atoms. The third-order valence-electron chi connectivity index (χ3n) is 5.10. The molecule has 0 spiro atoms. The molecule has 0 saturated heterocycles. The lowest BCUT2D eigenvalue weighted by molar-refractivity contribution is -0.151. The molecule has 0 aromatic heterocycles. The number of esters is 1. The first-order valence-corrected chi connectivity index (χ1v) is 12.4. The van der Waals surface area contributed by atoms with Crippen LogP contribution in [0.25, 0.3) is 0 Å². The average molecular weight is 601 g/mol. The molecule has 1 N–H and O–H groups in total. The van der Waals surface area contributed by atoms with Gasteiger partial charge >= 0.3 is 5.97 Å². The van der Waals surface area contributed by atoms with Crippen LogP contribution in [0, 0.1) is 0 Å². The maximum atomic E-state index is 13.1. The molecular weight excluding hydrogens is 585 g/mol. The van der Waals surface area contributed by atoms with Gasteiger partial charge in [-0.15, -0.1) is 0 Å². The Hall–Kier alpha value is -1.74. The maximum absolute atomic E-state index is 13.1. The Morgan fingerprint density at radius 2 is 1.51 bits per heavy atom. The van der Waals surface area contributed by atoms with Crippen LogP contribution in [0.3, 0.4) is 0 Å². The first-order valence-electron chi connectivity index (χ1n) is 10.1. The van der Waals surface area contributed by atoms with E-state index in [1.807, 2.05) is 6.92 Å². The van der Waals surface area contributed by atoms with E-state index < -0.39 is 36.3 Å². The lowest BCUT2D eigenvalue weighted by Crippen LogP contribution is -2.46. The van der Waals surface area contributed by atoms with Gasteiger partial charge in [0.2, 0.25) is 0 Å². The minimum atomic E-state index is -1.34. The molecule has 3 rings (SSSR count). The van der Waals surface area contributed by atoms with E-state index in [0.717, 1.165) is 0 Å². The Kier molecular flexibility index (Phi) is 9.18. The summed E-state index contributed by atoms with van der Waals surface area (Å²) in [5.74, 6) is -3.42. The normalized spacial score (nSPS) is 13.6. The standard InChI is InChI=1S/C22H16Cl6N2O5/c1-2-3-4-12(22(34)35-8-13(31)29-11-7-9(23)5-6-10(11)24)30-20(32)14-15(21(30)33)17(26)19(28)18(27)16(14)25/h5-7,12H,2-4,8H2,1H3,(H,29,31)/t12-/m0/s1. The van der Waals surface area contributed by atoms with Gasteiger partial charge in [0, 0.05) is 5.02 Å². The number of nitrogens with one attached hydrogen (secondary N) is 1. The van der Waals surface area contributed by atoms with Gasteiger partial charge in [0.25, 0.3) is 17.7 Å². The van der Waals surface area contributed by atoms with E-state index in [4.69, 9.17) is 74.3 Å². The van der Waals surface area contributed by atoms with Gasteiger partial charge < -0.3 is 10.1 Å². The third-order valence-corrected chi connectivity index (χ3v) is 7.46. The van der Waals surface area contributed by atoms with Gasteiger partial charge in [0.1, 0.15) is 6.04 Å². The number of nitrogens with zero attached hydrogens (tertiary/aromatic N) is 1. The lowest BCUT2D eigenvalue weighted by Gasteiger charge is -2.24. The van der Waals surface area contributed by atoms with Crippen molar-refractivity contribution in [2.24, 2.45) is 0 Å². The Balaban J connectivity index is 1.81. The fourth-order valence-electron chi connectivity index (χ4n) is 3.41. The second-order valence-electron chi connectivity index (χ2n) is 7.42. The van der Waals surface area contributed by atoms with Crippen LogP contribution < -0.4 is 5.32 Å². The molecule has 0 aliphatic carbocycles. The summed E-state index contributed by atoms with van der Waals surface area (Å²) in [6.07, 6.45) is 1.21. The zero-order valence-corrected chi connectivity index (χ0v) is 22.4. The van der Waals surface area contributed by atoms with Gasteiger partial charge in [0.15, 0.2) is 6.61 Å². The van der Waals surface area contributed by atoms with E-state index in [9.17, 15) is 19.2 Å². The highest BCUT2D eigenvalue weighted by atomic mass is 35.5. The first-order chi connectivity index (χ1) is 16.5. The van der Waals surface area contributed by atoms with Crippen molar-refractivity contribution in [1.29, 1.82) is 0 Å². The number of rotatable bonds is 8. The van der Waals surface area contributed by atoms with Crippen molar-refractivity contribution in [3.63, 3.8) is 0 Å². The van der Waals surface area contributed by atoms with Gasteiger partial charge in [-0.3, -0.25) is 19.3 Å². The Morgan fingerprint density at radius 3 is 2.06 bits per heavy atom. The van der Waals surface area contributed by atoms with Crippen LogP contribution in [0.4, 0.5) is 5.69 Å². The van der Waals surface area contributed by atoms with Crippen LogP contribution in [0.15, 0.2) is 18.2 Å². The van der Waals surface area contributed by atoms with Gasteiger partial charge in [0.05, 0.1) is 41.9 Å². The highest BCUT2D eigenvalue weighted by Crippen LogP contribution is 2.45. The molecule has 1 aliphatic heterocycles. The van der Waals surface area contributed by atoms with Crippen molar-refractivity contribution in [3.8, 4) is 0 Å². The monoisotopic (exact) mass is 598 g/mol. The molecule has 1 aliphatic rings. The summed E-state index contributed by atoms with van der Waals surface area (Å²) in [4.78, 5) is 52.3. The van der Waals surface area contributed by atoms with E-state index in [0.29, 0.717) is 22.8 Å². The SMILES string of the molecule is CCCC[C@@H](C(=O)OCC(=O)Nc1cc(Cl)ccc1Cl)N1C(=O)c2c(Cl)c(Cl)c(Cl)c(Cl)c2C1=O. The molecule has 0 unspecified atom stereocenters. The number of amides is 3. The zero-order chi connectivity index (χ0) is 26.0. The molecule has 186 valence electrons. The summed E-state index contributed by atoms with van der Waals surface area (Å²) >= 11 is 36.3. The fourth-order valence-corrected chi connectivity index (χ4v) is 4.76. The predicted molar refractivity (Wildman–Crippen MR) is 136 cm³/mol. The molecule has 1 atom stereocenters. The number of anilines is 1. The Bertz CT molecular complexity index is 1190. The highest BCUT2D eigenvalue weighted by molar-refractivity contribution is 6.55. The molecule has 0 radical (unpaired) electrons. The third kappa shape index (κ3) is 5.66. The van der Waals surface area contributed by atoms with Gasteiger partial charge in [-0.05, 0) is 24.6 Å². The van der Waals surface area contributed by atoms with Crippen molar-refractivity contribution in [2.75, 3.05) is 11.9 Å². The molecule has 13 heteroatoms. The second kappa shape index (κ2) is 11.5. The molecule has 0 saturated carbocycles. The molecule has 2 aromatic rings. The summed E-state index contributed by atoms with van der Waals surface area (Å²) in [5.41, 5.74) is -0.279. The van der Waals surface area contributed by atoms with Crippen molar-refractivity contribution < 1.29 is 23.9 Å². The van der Waals surface area contributed by atoms with Crippen molar-refractivity contribution in [3.05, 3.63) is 59.5 Å². The average Bonchev–Trinajstić information content (AvgIpc) is 3.08. The topological polar surface area (TPSA) is 92.8 Å². The number of hydrogen-bond acceptors (Lipinski definition) is 5. The van der Waals surface area contributed by atoms with E-state index in [1.54, 1.807) is 6.07 Å². The van der Waals surface area contributed by atoms with Crippen molar-refractivity contribution >= 4 is 99.0 Å². The van der Waals surface area contributed by atoms with E-state index in [2.05, 4.69) is 5.32 Å². The van der Waals surface area contributed by atoms with Crippen LogP contribution >= 0.6 is 69.6 Å². The summed E-state index contributed by atoms with van der Waals surface area (Å²) in [7, 11) is 0. The number of carbonyl (C=O) groups excluding carboxylic acids is 4. The summed E-state index contributed by atoms with van der Waals surface area (Å²) < 4.78 is 5.13. The number of hydrogen-bond donors (Lipinski definition) is 1. The van der Waals surface area contributed by atoms with Gasteiger partial charge in [-0.25, -0.2) is 4.79 Å². The summed E-state index contributed by atoms with van der Waals surface area (Å²) in [6, 6.07) is 3.12. The van der Waals surface area contributed by atoms with Crippen LogP contribution in [0.5, 0.6) is 0 Å². The molecule has 1 heterocycles. The van der Waals surface area contributed by atoms with Gasteiger partial charge in [-0.2, -0.15) is 0 Å². The van der Waals surface area contributed by atoms with Crippen LogP contribution in [0.2, 0.25) is 30.1 Å². The molecule has 35 heavy (non-hydrogen) atoms. The van der Waals surface area contributed by atoms with E-state index in [1.165, 1.54) is 12.1 Å². The van der Waals surface area contributed by atoms with E-state index in [-0.39, 0.29) is 48.3 Å². The predicted octanol–water partition coefficient (Wildman–Crippen LogP) is 6.94. The largest absolute Gasteiger partial charge is 0.454 e. The quantitative estimate of drug-likeness (QED) is 0.153. The summed E-state index contributed by atoms with van der Waals surface area (Å²) in [6.45, 7) is 1.16. The number of imide groups is 1. The highest BCUT2D eigenvalue weighted by Gasteiger charge is 2.47. The molecule has 0 fully saturated rings. The van der Waals surface area contributed by atoms with Crippen LogP contribution in [0.1, 0.15) is 46.9 Å². The Labute approximate surface area is 230 Å².